The summed E-state index contributed by atoms with van der Waals surface area (Å²) in [6, 6.07) is 5.64. The third kappa shape index (κ3) is 6.22. The molecule has 2 rings (SSSR count). The van der Waals surface area contributed by atoms with Crippen molar-refractivity contribution >= 4 is 18.8 Å². The molecule has 0 bridgehead atoms. The Labute approximate surface area is 169 Å². The lowest BCUT2D eigenvalue weighted by molar-refractivity contribution is -0.0890. The highest BCUT2D eigenvalue weighted by atomic mass is 16.5. The van der Waals surface area contributed by atoms with Gasteiger partial charge in [0.2, 0.25) is 0 Å². The van der Waals surface area contributed by atoms with Crippen molar-refractivity contribution in [3.05, 3.63) is 23.8 Å². The van der Waals surface area contributed by atoms with E-state index in [0.29, 0.717) is 11.3 Å². The van der Waals surface area contributed by atoms with E-state index in [9.17, 15) is 5.11 Å². The van der Waals surface area contributed by atoms with Gasteiger partial charge in [0.05, 0.1) is 17.3 Å². The summed E-state index contributed by atoms with van der Waals surface area (Å²) in [4.78, 5) is 0. The lowest BCUT2D eigenvalue weighted by Crippen LogP contribution is -2.48. The van der Waals surface area contributed by atoms with Crippen LogP contribution in [-0.4, -0.2) is 48.3 Å². The minimum absolute atomic E-state index is 0.0388. The first-order valence-corrected chi connectivity index (χ1v) is 10.0. The predicted octanol–water partition coefficient (Wildman–Crippen LogP) is 3.92. The Bertz CT molecular complexity index is 665. The van der Waals surface area contributed by atoms with Crippen LogP contribution >= 0.6 is 0 Å². The van der Waals surface area contributed by atoms with Gasteiger partial charge in [0.15, 0.2) is 0 Å². The Hall–Kier alpha value is -1.57. The van der Waals surface area contributed by atoms with Gasteiger partial charge in [-0.05, 0) is 79.0 Å². The molecule has 1 saturated heterocycles. The van der Waals surface area contributed by atoms with Crippen LogP contribution in [0.1, 0.15) is 66.4 Å². The zero-order valence-corrected chi connectivity index (χ0v) is 18.0. The van der Waals surface area contributed by atoms with E-state index < -0.39 is 11.2 Å². The maximum absolute atomic E-state index is 10.3. The van der Waals surface area contributed by atoms with Crippen molar-refractivity contribution in [2.24, 2.45) is 0 Å². The summed E-state index contributed by atoms with van der Waals surface area (Å²) in [6.45, 7) is 11.6. The summed E-state index contributed by atoms with van der Waals surface area (Å²) in [5, 5.41) is 22.2. The first-order chi connectivity index (χ1) is 13.0. The molecule has 155 valence electrons. The number of rotatable bonds is 9. The molecule has 1 atom stereocenters. The molecule has 0 aliphatic carbocycles. The molecule has 7 heteroatoms. The minimum Gasteiger partial charge on any atom is -0.491 e. The molecule has 1 aliphatic rings. The standard InChI is InChI=1S/C21H34BN2O4/c1-14(2)27-15-10-11-17(24-18-9-7-8-12-26-18)16(13-15)19(23)22-28-21(5,6)20(3,4)25/h10-11,13-14,18,23-25H,7-9,12H2,1-6H3. The van der Waals surface area contributed by atoms with Crippen LogP contribution in [0, 0.1) is 5.41 Å². The van der Waals surface area contributed by atoms with Crippen molar-refractivity contribution in [2.45, 2.75) is 84.3 Å². The van der Waals surface area contributed by atoms with Crippen molar-refractivity contribution in [2.75, 3.05) is 11.9 Å². The van der Waals surface area contributed by atoms with Gasteiger partial charge in [0, 0.05) is 23.5 Å². The molecular weight excluding hydrogens is 355 g/mol. The van der Waals surface area contributed by atoms with E-state index in [4.69, 9.17) is 19.5 Å². The molecule has 0 aromatic heterocycles. The van der Waals surface area contributed by atoms with E-state index in [0.717, 1.165) is 31.6 Å². The summed E-state index contributed by atoms with van der Waals surface area (Å²) in [7, 11) is 1.39. The molecule has 0 spiro atoms. The molecular formula is C21H34BN2O4. The Kier molecular flexibility index (Phi) is 7.54. The minimum atomic E-state index is -1.05. The van der Waals surface area contributed by atoms with Gasteiger partial charge < -0.3 is 30.0 Å². The number of anilines is 1. The van der Waals surface area contributed by atoms with Crippen LogP contribution in [-0.2, 0) is 9.39 Å². The summed E-state index contributed by atoms with van der Waals surface area (Å²) >= 11 is 0. The van der Waals surface area contributed by atoms with E-state index in [1.54, 1.807) is 27.7 Å². The molecule has 1 aromatic carbocycles. The Morgan fingerprint density at radius 3 is 2.57 bits per heavy atom. The Balaban J connectivity index is 2.20. The highest BCUT2D eigenvalue weighted by Gasteiger charge is 2.36. The van der Waals surface area contributed by atoms with Crippen LogP contribution in [0.25, 0.3) is 0 Å². The van der Waals surface area contributed by atoms with Crippen molar-refractivity contribution in [1.29, 1.82) is 5.41 Å². The smallest absolute Gasteiger partial charge is 0.351 e. The average Bonchev–Trinajstić information content (AvgIpc) is 2.60. The van der Waals surface area contributed by atoms with Crippen LogP contribution < -0.4 is 10.1 Å². The Morgan fingerprint density at radius 1 is 1.29 bits per heavy atom. The van der Waals surface area contributed by atoms with Crippen molar-refractivity contribution in [1.82, 2.24) is 0 Å². The Morgan fingerprint density at radius 2 is 2.00 bits per heavy atom. The molecule has 1 radical (unpaired) electrons. The average molecular weight is 389 g/mol. The second-order valence-electron chi connectivity index (χ2n) is 8.59. The van der Waals surface area contributed by atoms with Gasteiger partial charge in [-0.1, -0.05) is 0 Å². The third-order valence-corrected chi connectivity index (χ3v) is 5.09. The number of ether oxygens (including phenoxy) is 2. The molecule has 1 aliphatic heterocycles. The zero-order valence-electron chi connectivity index (χ0n) is 18.0. The summed E-state index contributed by atoms with van der Waals surface area (Å²) in [6.07, 6.45) is 3.11. The molecule has 3 N–H and O–H groups in total. The van der Waals surface area contributed by atoms with Gasteiger partial charge >= 0.3 is 7.48 Å². The number of nitrogens with one attached hydrogen (secondary N) is 2. The van der Waals surface area contributed by atoms with E-state index in [-0.39, 0.29) is 17.9 Å². The number of aliphatic hydroxyl groups is 1. The fourth-order valence-electron chi connectivity index (χ4n) is 2.66. The molecule has 1 unspecified atom stereocenters. The molecule has 0 amide bonds. The second kappa shape index (κ2) is 9.29. The van der Waals surface area contributed by atoms with E-state index in [1.807, 2.05) is 32.0 Å². The molecule has 28 heavy (non-hydrogen) atoms. The SMILES string of the molecule is CC(C)Oc1ccc(NC2CCCCO2)c(C(=N)[B]OC(C)(C)C(C)(C)O)c1. The first-order valence-electron chi connectivity index (χ1n) is 10.0. The second-order valence-corrected chi connectivity index (χ2v) is 8.59. The fraction of sp³-hybridized carbons (Fsp3) is 0.667. The molecule has 1 aromatic rings. The van der Waals surface area contributed by atoms with E-state index in [1.165, 1.54) is 7.48 Å². The summed E-state index contributed by atoms with van der Waals surface area (Å²) in [5.74, 6) is 0.694. The number of hydrogen-bond acceptors (Lipinski definition) is 6. The van der Waals surface area contributed by atoms with Crippen LogP contribution in [0.5, 0.6) is 5.75 Å². The molecule has 6 nitrogen and oxygen atoms in total. The third-order valence-electron chi connectivity index (χ3n) is 5.09. The van der Waals surface area contributed by atoms with Crippen molar-refractivity contribution < 1.29 is 19.2 Å². The monoisotopic (exact) mass is 389 g/mol. The first kappa shape index (κ1) is 22.7. The van der Waals surface area contributed by atoms with Gasteiger partial charge in [0.1, 0.15) is 12.0 Å². The van der Waals surface area contributed by atoms with Crippen LogP contribution in [0.4, 0.5) is 5.69 Å². The van der Waals surface area contributed by atoms with Crippen molar-refractivity contribution in [3.63, 3.8) is 0 Å². The predicted molar refractivity (Wildman–Crippen MR) is 113 cm³/mol. The van der Waals surface area contributed by atoms with Gasteiger partial charge in [0.25, 0.3) is 0 Å². The topological polar surface area (TPSA) is 83.8 Å². The van der Waals surface area contributed by atoms with Crippen LogP contribution in [0.2, 0.25) is 0 Å². The zero-order chi connectivity index (χ0) is 20.9. The molecule has 1 heterocycles. The molecule has 1 fully saturated rings. The number of benzene rings is 1. The van der Waals surface area contributed by atoms with Gasteiger partial charge in [-0.25, -0.2) is 0 Å². The van der Waals surface area contributed by atoms with Gasteiger partial charge in [-0.2, -0.15) is 0 Å². The van der Waals surface area contributed by atoms with Gasteiger partial charge in [-0.15, -0.1) is 0 Å². The van der Waals surface area contributed by atoms with E-state index >= 15 is 0 Å². The lowest BCUT2D eigenvalue weighted by Gasteiger charge is -2.37. The maximum Gasteiger partial charge on any atom is 0.351 e. The summed E-state index contributed by atoms with van der Waals surface area (Å²) in [5.41, 5.74) is -0.230. The fourth-order valence-corrected chi connectivity index (χ4v) is 2.66. The maximum atomic E-state index is 10.3. The van der Waals surface area contributed by atoms with Crippen LogP contribution in [0.3, 0.4) is 0 Å². The van der Waals surface area contributed by atoms with Gasteiger partial charge in [-0.3, -0.25) is 0 Å². The summed E-state index contributed by atoms with van der Waals surface area (Å²) < 4.78 is 17.4. The highest BCUT2D eigenvalue weighted by Crippen LogP contribution is 2.28. The van der Waals surface area contributed by atoms with E-state index in [2.05, 4.69) is 5.32 Å². The molecule has 0 saturated carbocycles. The number of hydrogen-bond donors (Lipinski definition) is 3. The normalized spacial score (nSPS) is 18.1. The highest BCUT2D eigenvalue weighted by molar-refractivity contribution is 6.74. The largest absolute Gasteiger partial charge is 0.491 e. The van der Waals surface area contributed by atoms with Crippen molar-refractivity contribution in [3.8, 4) is 5.75 Å². The van der Waals surface area contributed by atoms with Crippen LogP contribution in [0.15, 0.2) is 18.2 Å². The quantitative estimate of drug-likeness (QED) is 0.440. The lowest BCUT2D eigenvalue weighted by atomic mass is 9.81.